The lowest BCUT2D eigenvalue weighted by molar-refractivity contribution is 0.102. The molecule has 0 aliphatic carbocycles. The molecule has 0 amide bonds. The Bertz CT molecular complexity index is 998. The van der Waals surface area contributed by atoms with Crippen LogP contribution in [-0.4, -0.2) is 28.2 Å². The molecular weight excluding hydrogens is 348 g/mol. The zero-order valence-corrected chi connectivity index (χ0v) is 15.6. The van der Waals surface area contributed by atoms with E-state index in [1.807, 2.05) is 25.1 Å². The van der Waals surface area contributed by atoms with Gasteiger partial charge in [0.05, 0.1) is 23.8 Å². The van der Waals surface area contributed by atoms with E-state index in [9.17, 15) is 9.59 Å². The molecule has 0 aliphatic rings. The Morgan fingerprint density at radius 1 is 1.19 bits per heavy atom. The topological polar surface area (TPSA) is 61.2 Å². The van der Waals surface area contributed by atoms with E-state index in [1.54, 1.807) is 42.0 Å². The standard InChI is InChI=1S/C20H20N2O3S/c1-3-11-22-19(24)16-9-4-5-10-17(16)21-20(22)26-13-18(23)14-7-6-8-15(12-14)25-2/h4-10,12H,3,11,13H2,1-2H3. The second-order valence-corrected chi connectivity index (χ2v) is 6.75. The predicted octanol–water partition coefficient (Wildman–Crippen LogP) is 3.79. The van der Waals surface area contributed by atoms with E-state index in [2.05, 4.69) is 4.98 Å². The first-order valence-corrected chi connectivity index (χ1v) is 9.42. The van der Waals surface area contributed by atoms with Crippen LogP contribution < -0.4 is 10.3 Å². The average Bonchev–Trinajstić information content (AvgIpc) is 2.68. The molecule has 1 heterocycles. The van der Waals surface area contributed by atoms with Crippen molar-refractivity contribution in [2.75, 3.05) is 12.9 Å². The molecule has 0 bridgehead atoms. The Labute approximate surface area is 156 Å². The number of Topliss-reactive ketones (excluding diaryl/α,β-unsaturated/α-hetero) is 1. The minimum Gasteiger partial charge on any atom is -0.497 e. The van der Waals surface area contributed by atoms with Crippen LogP contribution in [0.4, 0.5) is 0 Å². The van der Waals surface area contributed by atoms with Gasteiger partial charge < -0.3 is 4.74 Å². The molecule has 2 aromatic carbocycles. The van der Waals surface area contributed by atoms with E-state index in [4.69, 9.17) is 4.74 Å². The molecule has 0 fully saturated rings. The van der Waals surface area contributed by atoms with Crippen molar-refractivity contribution in [3.05, 3.63) is 64.4 Å². The Morgan fingerprint density at radius 3 is 2.77 bits per heavy atom. The van der Waals surface area contributed by atoms with Crippen LogP contribution in [0, 0.1) is 0 Å². The van der Waals surface area contributed by atoms with E-state index in [0.717, 1.165) is 6.42 Å². The van der Waals surface area contributed by atoms with Gasteiger partial charge in [-0.05, 0) is 30.7 Å². The number of aromatic nitrogens is 2. The van der Waals surface area contributed by atoms with Crippen LogP contribution in [0.5, 0.6) is 5.75 Å². The van der Waals surface area contributed by atoms with Gasteiger partial charge >= 0.3 is 0 Å². The van der Waals surface area contributed by atoms with Gasteiger partial charge in [0.15, 0.2) is 10.9 Å². The lowest BCUT2D eigenvalue weighted by Crippen LogP contribution is -2.23. The van der Waals surface area contributed by atoms with Crippen molar-refractivity contribution in [3.8, 4) is 5.75 Å². The monoisotopic (exact) mass is 368 g/mol. The molecule has 0 N–H and O–H groups in total. The number of methoxy groups -OCH3 is 1. The zero-order valence-electron chi connectivity index (χ0n) is 14.8. The molecule has 26 heavy (non-hydrogen) atoms. The summed E-state index contributed by atoms with van der Waals surface area (Å²) in [6.07, 6.45) is 0.817. The van der Waals surface area contributed by atoms with Crippen molar-refractivity contribution in [2.45, 2.75) is 25.0 Å². The third kappa shape index (κ3) is 3.80. The molecule has 3 aromatic rings. The number of carbonyl (C=O) groups is 1. The molecule has 1 aromatic heterocycles. The first-order valence-electron chi connectivity index (χ1n) is 8.43. The van der Waals surface area contributed by atoms with Gasteiger partial charge in [0, 0.05) is 12.1 Å². The minimum atomic E-state index is -0.0613. The maximum absolute atomic E-state index is 12.7. The summed E-state index contributed by atoms with van der Waals surface area (Å²) in [5, 5.41) is 1.18. The van der Waals surface area contributed by atoms with Crippen molar-refractivity contribution in [1.29, 1.82) is 0 Å². The quantitative estimate of drug-likeness (QED) is 0.361. The summed E-state index contributed by atoms with van der Waals surface area (Å²) < 4.78 is 6.82. The summed E-state index contributed by atoms with van der Waals surface area (Å²) in [5.74, 6) is 0.828. The maximum atomic E-state index is 12.7. The molecule has 0 spiro atoms. The number of nitrogens with zero attached hydrogens (tertiary/aromatic N) is 2. The highest BCUT2D eigenvalue weighted by molar-refractivity contribution is 7.99. The molecule has 0 unspecified atom stereocenters. The third-order valence-electron chi connectivity index (χ3n) is 4.00. The SMILES string of the molecule is CCCn1c(SCC(=O)c2cccc(OC)c2)nc2ccccc2c1=O. The highest BCUT2D eigenvalue weighted by Crippen LogP contribution is 2.21. The number of ketones is 1. The normalized spacial score (nSPS) is 10.8. The molecule has 0 radical (unpaired) electrons. The van der Waals surface area contributed by atoms with Crippen LogP contribution in [0.25, 0.3) is 10.9 Å². The molecule has 6 heteroatoms. The van der Waals surface area contributed by atoms with Crippen LogP contribution >= 0.6 is 11.8 Å². The second kappa shape index (κ2) is 8.19. The molecule has 3 rings (SSSR count). The maximum Gasteiger partial charge on any atom is 0.262 e. The molecule has 0 aliphatic heterocycles. The fourth-order valence-corrected chi connectivity index (χ4v) is 3.61. The van der Waals surface area contributed by atoms with Crippen LogP contribution in [0.2, 0.25) is 0 Å². The van der Waals surface area contributed by atoms with Gasteiger partial charge in [0.25, 0.3) is 5.56 Å². The number of ether oxygens (including phenoxy) is 1. The molecule has 0 atom stereocenters. The van der Waals surface area contributed by atoms with Crippen LogP contribution in [0.1, 0.15) is 23.7 Å². The van der Waals surface area contributed by atoms with E-state index >= 15 is 0 Å². The predicted molar refractivity (Wildman–Crippen MR) is 104 cm³/mol. The highest BCUT2D eigenvalue weighted by Gasteiger charge is 2.14. The summed E-state index contributed by atoms with van der Waals surface area (Å²) in [5.41, 5.74) is 1.18. The molecular formula is C20H20N2O3S. The number of hydrogen-bond donors (Lipinski definition) is 0. The molecule has 5 nitrogen and oxygen atoms in total. The number of rotatable bonds is 7. The molecule has 134 valence electrons. The first kappa shape index (κ1) is 18.2. The van der Waals surface area contributed by atoms with Gasteiger partial charge in [-0.2, -0.15) is 0 Å². The first-order chi connectivity index (χ1) is 12.6. The van der Waals surface area contributed by atoms with E-state index in [0.29, 0.717) is 33.9 Å². The molecule has 0 saturated carbocycles. The Kier molecular flexibility index (Phi) is 5.73. The van der Waals surface area contributed by atoms with Crippen molar-refractivity contribution in [2.24, 2.45) is 0 Å². The van der Waals surface area contributed by atoms with Gasteiger partial charge in [0.1, 0.15) is 5.75 Å². The lowest BCUT2D eigenvalue weighted by atomic mass is 10.1. The van der Waals surface area contributed by atoms with E-state index in [-0.39, 0.29) is 17.1 Å². The van der Waals surface area contributed by atoms with Gasteiger partial charge in [-0.1, -0.05) is 43.0 Å². The number of benzene rings is 2. The second-order valence-electron chi connectivity index (χ2n) is 5.81. The summed E-state index contributed by atoms with van der Waals surface area (Å²) >= 11 is 1.29. The number of fused-ring (bicyclic) bond motifs is 1. The summed E-state index contributed by atoms with van der Waals surface area (Å²) in [7, 11) is 1.57. The Balaban J connectivity index is 1.89. The fraction of sp³-hybridized carbons (Fsp3) is 0.250. The van der Waals surface area contributed by atoms with Gasteiger partial charge in [-0.3, -0.25) is 14.2 Å². The zero-order chi connectivity index (χ0) is 18.5. The minimum absolute atomic E-state index is 0.0284. The summed E-state index contributed by atoms with van der Waals surface area (Å²) in [6, 6.07) is 14.4. The van der Waals surface area contributed by atoms with E-state index in [1.165, 1.54) is 11.8 Å². The van der Waals surface area contributed by atoms with Crippen LogP contribution in [-0.2, 0) is 6.54 Å². The summed E-state index contributed by atoms with van der Waals surface area (Å²) in [6.45, 7) is 2.59. The smallest absolute Gasteiger partial charge is 0.262 e. The van der Waals surface area contributed by atoms with Gasteiger partial charge in [-0.25, -0.2) is 4.98 Å². The fourth-order valence-electron chi connectivity index (χ4n) is 2.69. The van der Waals surface area contributed by atoms with Crippen molar-refractivity contribution in [3.63, 3.8) is 0 Å². The van der Waals surface area contributed by atoms with Crippen LogP contribution in [0.15, 0.2) is 58.5 Å². The third-order valence-corrected chi connectivity index (χ3v) is 4.97. The number of hydrogen-bond acceptors (Lipinski definition) is 5. The number of para-hydroxylation sites is 1. The lowest BCUT2D eigenvalue weighted by Gasteiger charge is -2.12. The summed E-state index contributed by atoms with van der Waals surface area (Å²) in [4.78, 5) is 29.9. The number of carbonyl (C=O) groups excluding carboxylic acids is 1. The van der Waals surface area contributed by atoms with Crippen molar-refractivity contribution in [1.82, 2.24) is 9.55 Å². The Morgan fingerprint density at radius 2 is 2.00 bits per heavy atom. The van der Waals surface area contributed by atoms with Gasteiger partial charge in [0.2, 0.25) is 0 Å². The van der Waals surface area contributed by atoms with Crippen molar-refractivity contribution < 1.29 is 9.53 Å². The Hall–Kier alpha value is -2.60. The van der Waals surface area contributed by atoms with Crippen molar-refractivity contribution >= 4 is 28.4 Å². The molecule has 0 saturated heterocycles. The highest BCUT2D eigenvalue weighted by atomic mass is 32.2. The number of thioether (sulfide) groups is 1. The average molecular weight is 368 g/mol. The van der Waals surface area contributed by atoms with Gasteiger partial charge in [-0.15, -0.1) is 0 Å². The van der Waals surface area contributed by atoms with E-state index < -0.39 is 0 Å². The largest absolute Gasteiger partial charge is 0.497 e. The van der Waals surface area contributed by atoms with Crippen LogP contribution in [0.3, 0.4) is 0 Å².